The fourth-order valence-electron chi connectivity index (χ4n) is 1.46. The van der Waals surface area contributed by atoms with Crippen molar-refractivity contribution in [3.63, 3.8) is 0 Å². The van der Waals surface area contributed by atoms with E-state index in [1.165, 1.54) is 31.2 Å². The molecule has 0 aliphatic heterocycles. The molecule has 0 radical (unpaired) electrons. The molecule has 5 nitrogen and oxygen atoms in total. The van der Waals surface area contributed by atoms with Crippen LogP contribution in [0, 0.1) is 3.57 Å². The molecule has 0 aromatic heterocycles. The minimum Gasteiger partial charge on any atom is -0.0683 e. The first kappa shape index (κ1) is 20.7. The summed E-state index contributed by atoms with van der Waals surface area (Å²) in [4.78, 5) is 24.0. The summed E-state index contributed by atoms with van der Waals surface area (Å²) in [7, 11) is 0. The van der Waals surface area contributed by atoms with Crippen LogP contribution in [-0.4, -0.2) is 17.0 Å². The number of carbonyl (C=O) groups is 2. The Morgan fingerprint density at radius 2 is 1.52 bits per heavy atom. The van der Waals surface area contributed by atoms with Gasteiger partial charge in [0.2, 0.25) is 0 Å². The fourth-order valence-corrected chi connectivity index (χ4v) is 4.42. The van der Waals surface area contributed by atoms with E-state index < -0.39 is 32.6 Å². The maximum Gasteiger partial charge on any atom is -0.0683 e. The van der Waals surface area contributed by atoms with Crippen molar-refractivity contribution in [3.8, 4) is 5.75 Å². The van der Waals surface area contributed by atoms with Gasteiger partial charge in [-0.25, -0.2) is 0 Å². The first-order chi connectivity index (χ1) is 12.0. The molecule has 134 valence electrons. The number of phenols is 1. The van der Waals surface area contributed by atoms with Gasteiger partial charge in [-0.15, -0.1) is 0 Å². The molecule has 6 heteroatoms. The van der Waals surface area contributed by atoms with Crippen LogP contribution >= 0.6 is 20.6 Å². The third-order valence-corrected chi connectivity index (χ3v) is 5.98. The zero-order chi connectivity index (χ0) is 18.8. The van der Waals surface area contributed by atoms with Crippen molar-refractivity contribution in [3.05, 3.63) is 75.9 Å². The van der Waals surface area contributed by atoms with Gasteiger partial charge in [-0.1, -0.05) is 13.8 Å². The van der Waals surface area contributed by atoms with Gasteiger partial charge in [-0.05, 0) is 0 Å². The molecule has 0 spiro atoms. The average Bonchev–Trinajstić information content (AvgIpc) is 2.64. The standard InChI is InChI=1S/C17H15IO5.C2H6/c1-12(2)16(20)22-18(14-6-4-3-5-7-14)23-17(21)13-8-10-15(19)11-9-13;1-2/h3-11,19H,1H2,2H3;1-2H3. The molecule has 0 atom stereocenters. The number of phenolic OH excluding ortho intramolecular Hbond substituents is 1. The van der Waals surface area contributed by atoms with Crippen LogP contribution in [0.3, 0.4) is 0 Å². The quantitative estimate of drug-likeness (QED) is 0.512. The van der Waals surface area contributed by atoms with Gasteiger partial charge < -0.3 is 0 Å². The second-order valence-electron chi connectivity index (χ2n) is 4.57. The maximum absolute atomic E-state index is 12.2. The molecule has 0 amide bonds. The summed E-state index contributed by atoms with van der Waals surface area (Å²) in [5.74, 6) is -1.14. The van der Waals surface area contributed by atoms with Crippen molar-refractivity contribution in [1.82, 2.24) is 0 Å². The maximum atomic E-state index is 12.2. The van der Waals surface area contributed by atoms with Gasteiger partial charge in [0.25, 0.3) is 0 Å². The minimum absolute atomic E-state index is 0.0497. The first-order valence-electron chi connectivity index (χ1n) is 7.62. The van der Waals surface area contributed by atoms with Crippen LogP contribution in [0.4, 0.5) is 0 Å². The van der Waals surface area contributed by atoms with Crippen LogP contribution < -0.4 is 0 Å². The molecule has 0 unspecified atom stereocenters. The summed E-state index contributed by atoms with van der Waals surface area (Å²) >= 11 is -2.97. The van der Waals surface area contributed by atoms with Gasteiger partial charge in [0.15, 0.2) is 0 Å². The van der Waals surface area contributed by atoms with Crippen LogP contribution in [0.25, 0.3) is 0 Å². The Kier molecular flexibility index (Phi) is 8.69. The molecule has 2 aromatic carbocycles. The van der Waals surface area contributed by atoms with Crippen molar-refractivity contribution in [2.24, 2.45) is 0 Å². The topological polar surface area (TPSA) is 72.8 Å². The van der Waals surface area contributed by atoms with Crippen LogP contribution in [0.15, 0.2) is 66.7 Å². The van der Waals surface area contributed by atoms with Crippen LogP contribution in [-0.2, 0) is 10.9 Å². The number of hydrogen-bond acceptors (Lipinski definition) is 5. The molecule has 0 saturated carbocycles. The predicted molar refractivity (Wildman–Crippen MR) is 105 cm³/mol. The van der Waals surface area contributed by atoms with Crippen molar-refractivity contribution in [2.75, 3.05) is 0 Å². The Balaban J connectivity index is 0.00000151. The molecule has 2 rings (SSSR count). The van der Waals surface area contributed by atoms with E-state index in [-0.39, 0.29) is 16.9 Å². The predicted octanol–water partition coefficient (Wildman–Crippen LogP) is 4.90. The Hall–Kier alpha value is -2.35. The summed E-state index contributed by atoms with van der Waals surface area (Å²) in [6.07, 6.45) is 0. The molecule has 0 heterocycles. The van der Waals surface area contributed by atoms with Gasteiger partial charge >= 0.3 is 142 Å². The monoisotopic (exact) mass is 456 g/mol. The molecule has 1 N–H and O–H groups in total. The van der Waals surface area contributed by atoms with Crippen LogP contribution in [0.5, 0.6) is 5.75 Å². The smallest absolute Gasteiger partial charge is 0.0683 e. The van der Waals surface area contributed by atoms with E-state index in [1.54, 1.807) is 24.3 Å². The number of aromatic hydroxyl groups is 1. The van der Waals surface area contributed by atoms with Crippen molar-refractivity contribution >= 4 is 32.6 Å². The molecule has 0 fully saturated rings. The van der Waals surface area contributed by atoms with E-state index in [0.717, 1.165) is 0 Å². The molecular weight excluding hydrogens is 435 g/mol. The second-order valence-corrected chi connectivity index (χ2v) is 7.94. The average molecular weight is 456 g/mol. The number of rotatable bonds is 5. The largest absolute Gasteiger partial charge is 0.0683 e. The molecule has 25 heavy (non-hydrogen) atoms. The minimum atomic E-state index is -2.97. The molecule has 0 saturated heterocycles. The number of hydrogen-bond donors (Lipinski definition) is 1. The van der Waals surface area contributed by atoms with E-state index >= 15 is 0 Å². The molecule has 0 aliphatic carbocycles. The summed E-state index contributed by atoms with van der Waals surface area (Å²) in [6, 6.07) is 14.5. The number of halogens is 1. The number of benzene rings is 2. The zero-order valence-electron chi connectivity index (χ0n) is 14.4. The Labute approximate surface area is 155 Å². The first-order valence-corrected chi connectivity index (χ1v) is 10.5. The Bertz CT molecular complexity index is 710. The van der Waals surface area contributed by atoms with Gasteiger partial charge in [-0.3, -0.25) is 0 Å². The van der Waals surface area contributed by atoms with Gasteiger partial charge in [0.05, 0.1) is 0 Å². The van der Waals surface area contributed by atoms with Crippen LogP contribution in [0.1, 0.15) is 31.1 Å². The van der Waals surface area contributed by atoms with Crippen molar-refractivity contribution in [1.29, 1.82) is 0 Å². The molecule has 0 aliphatic rings. The van der Waals surface area contributed by atoms with E-state index in [9.17, 15) is 14.7 Å². The Morgan fingerprint density at radius 1 is 0.960 bits per heavy atom. The third kappa shape index (κ3) is 6.58. The van der Waals surface area contributed by atoms with Crippen molar-refractivity contribution < 1.29 is 20.8 Å². The molecule has 0 bridgehead atoms. The summed E-state index contributed by atoms with van der Waals surface area (Å²) < 4.78 is 11.5. The summed E-state index contributed by atoms with van der Waals surface area (Å²) in [5.41, 5.74) is 0.510. The zero-order valence-corrected chi connectivity index (χ0v) is 16.5. The van der Waals surface area contributed by atoms with Crippen molar-refractivity contribution in [2.45, 2.75) is 20.8 Å². The summed E-state index contributed by atoms with van der Waals surface area (Å²) in [6.45, 7) is 9.06. The van der Waals surface area contributed by atoms with Gasteiger partial charge in [0, 0.05) is 0 Å². The third-order valence-electron chi connectivity index (χ3n) is 2.64. The van der Waals surface area contributed by atoms with E-state index in [4.69, 9.17) is 6.13 Å². The van der Waals surface area contributed by atoms with E-state index in [2.05, 4.69) is 6.58 Å². The van der Waals surface area contributed by atoms with E-state index in [1.807, 2.05) is 19.9 Å². The van der Waals surface area contributed by atoms with Gasteiger partial charge in [0.1, 0.15) is 0 Å². The molecule has 2 aromatic rings. The Morgan fingerprint density at radius 3 is 2.04 bits per heavy atom. The number of carbonyl (C=O) groups excluding carboxylic acids is 2. The SMILES string of the molecule is C=C(C)C(=O)OI(OC(=O)c1ccc(O)cc1)c1ccccc1.CC. The summed E-state index contributed by atoms with van der Waals surface area (Å²) in [5, 5.41) is 9.26. The van der Waals surface area contributed by atoms with Crippen LogP contribution in [0.2, 0.25) is 0 Å². The normalized spacial score (nSPS) is 9.96. The molecular formula is C19H21IO5. The van der Waals surface area contributed by atoms with Gasteiger partial charge in [-0.2, -0.15) is 0 Å². The van der Waals surface area contributed by atoms with E-state index in [0.29, 0.717) is 3.57 Å². The fraction of sp³-hybridized carbons (Fsp3) is 0.158. The second kappa shape index (κ2) is 10.5.